The molecular weight excluding hydrogens is 376 g/mol. The number of primary amides is 1. The van der Waals surface area contributed by atoms with Crippen LogP contribution in [0, 0.1) is 23.2 Å². The molecule has 0 aliphatic heterocycles. The number of nitrogens with two attached hydrogens (primary N) is 1. The molecule has 4 fully saturated rings. The van der Waals surface area contributed by atoms with E-state index in [9.17, 15) is 9.59 Å². The van der Waals surface area contributed by atoms with E-state index in [2.05, 4.69) is 5.32 Å². The van der Waals surface area contributed by atoms with E-state index in [0.717, 1.165) is 37.7 Å². The molecule has 0 saturated heterocycles. The van der Waals surface area contributed by atoms with Gasteiger partial charge in [-0.3, -0.25) is 9.59 Å². The summed E-state index contributed by atoms with van der Waals surface area (Å²) in [5, 5.41) is 3.82. The van der Waals surface area contributed by atoms with E-state index < -0.39 is 0 Å². The lowest BCUT2D eigenvalue weighted by atomic mass is 9.47. The van der Waals surface area contributed by atoms with Crippen molar-refractivity contribution in [2.45, 2.75) is 38.1 Å². The van der Waals surface area contributed by atoms with Crippen molar-refractivity contribution in [3.05, 3.63) is 47.2 Å². The van der Waals surface area contributed by atoms with Gasteiger partial charge in [-0.2, -0.15) is 0 Å². The number of nitrogens with one attached hydrogen (secondary N) is 1. The van der Waals surface area contributed by atoms with Crippen LogP contribution >= 0.6 is 11.6 Å². The Kier molecular flexibility index (Phi) is 4.05. The Morgan fingerprint density at radius 3 is 2.54 bits per heavy atom. The molecule has 2 aromatic rings. The van der Waals surface area contributed by atoms with Gasteiger partial charge in [0.1, 0.15) is 5.76 Å². The zero-order valence-electron chi connectivity index (χ0n) is 15.5. The number of hydrogen-bond donors (Lipinski definition) is 2. The topological polar surface area (TPSA) is 85.3 Å². The number of benzene rings is 1. The zero-order chi connectivity index (χ0) is 19.5. The molecule has 0 spiro atoms. The normalized spacial score (nSPS) is 33.0. The molecule has 1 aromatic carbocycles. The second-order valence-corrected chi connectivity index (χ2v) is 9.22. The van der Waals surface area contributed by atoms with Gasteiger partial charge in [0.2, 0.25) is 5.91 Å². The highest BCUT2D eigenvalue weighted by atomic mass is 35.5. The minimum atomic E-state index is -0.345. The summed E-state index contributed by atoms with van der Waals surface area (Å²) >= 11 is 6.04. The highest BCUT2D eigenvalue weighted by Crippen LogP contribution is 2.59. The lowest BCUT2D eigenvalue weighted by Crippen LogP contribution is -2.62. The monoisotopic (exact) mass is 398 g/mol. The van der Waals surface area contributed by atoms with Crippen molar-refractivity contribution < 1.29 is 14.0 Å². The van der Waals surface area contributed by atoms with Crippen LogP contribution in [0.5, 0.6) is 0 Å². The number of furan rings is 1. The van der Waals surface area contributed by atoms with Crippen LogP contribution in [0.25, 0.3) is 11.3 Å². The molecule has 146 valence electrons. The molecule has 1 aromatic heterocycles. The summed E-state index contributed by atoms with van der Waals surface area (Å²) in [6.07, 6.45) is 4.67. The molecule has 28 heavy (non-hydrogen) atoms. The molecule has 4 bridgehead atoms. The average molecular weight is 399 g/mol. The molecule has 2 amide bonds. The number of amides is 2. The molecule has 2 atom stereocenters. The number of carbonyl (C=O) groups excluding carboxylic acids is 2. The third-order valence-electron chi connectivity index (χ3n) is 7.03. The van der Waals surface area contributed by atoms with Crippen molar-refractivity contribution in [1.29, 1.82) is 0 Å². The fourth-order valence-electron chi connectivity index (χ4n) is 6.04. The van der Waals surface area contributed by atoms with Gasteiger partial charge < -0.3 is 15.5 Å². The minimum Gasteiger partial charge on any atom is -0.451 e. The molecule has 3 N–H and O–H groups in total. The van der Waals surface area contributed by atoms with E-state index in [1.54, 1.807) is 18.2 Å². The van der Waals surface area contributed by atoms with Crippen molar-refractivity contribution in [2.75, 3.05) is 0 Å². The van der Waals surface area contributed by atoms with E-state index >= 15 is 0 Å². The number of rotatable bonds is 4. The Morgan fingerprint density at radius 1 is 1.11 bits per heavy atom. The molecule has 5 nitrogen and oxygen atoms in total. The maximum Gasteiger partial charge on any atom is 0.287 e. The van der Waals surface area contributed by atoms with Gasteiger partial charge in [-0.15, -0.1) is 0 Å². The fraction of sp³-hybridized carbons (Fsp3) is 0.455. The van der Waals surface area contributed by atoms with Gasteiger partial charge in [0.15, 0.2) is 5.76 Å². The van der Waals surface area contributed by atoms with E-state index in [1.807, 2.05) is 18.2 Å². The molecule has 0 radical (unpaired) electrons. The minimum absolute atomic E-state index is 0.0937. The summed E-state index contributed by atoms with van der Waals surface area (Å²) in [6.45, 7) is 0. The second kappa shape index (κ2) is 6.38. The Morgan fingerprint density at radius 2 is 1.86 bits per heavy atom. The summed E-state index contributed by atoms with van der Waals surface area (Å²) in [7, 11) is 0. The molecule has 4 saturated carbocycles. The molecular formula is C22H23ClN2O3. The van der Waals surface area contributed by atoms with Crippen LogP contribution in [0.1, 0.15) is 42.7 Å². The summed E-state index contributed by atoms with van der Waals surface area (Å²) in [6, 6.07) is 10.9. The third kappa shape index (κ3) is 2.84. The SMILES string of the molecule is NC(=O)[C@]12CC3CC(C1)[C@@H](NC(=O)c1ccc(-c4cccc(Cl)c4)o1)C(C3)C2. The molecule has 2 unspecified atom stereocenters. The van der Waals surface area contributed by atoms with Crippen molar-refractivity contribution in [2.24, 2.45) is 28.9 Å². The zero-order valence-corrected chi connectivity index (χ0v) is 16.2. The Hall–Kier alpha value is -2.27. The van der Waals surface area contributed by atoms with Crippen LogP contribution in [0.15, 0.2) is 40.8 Å². The summed E-state index contributed by atoms with van der Waals surface area (Å²) < 4.78 is 5.79. The second-order valence-electron chi connectivity index (χ2n) is 8.79. The molecule has 4 aliphatic carbocycles. The molecule has 6 rings (SSSR count). The van der Waals surface area contributed by atoms with Gasteiger partial charge in [0.05, 0.1) is 0 Å². The van der Waals surface area contributed by atoms with Crippen LogP contribution in [-0.4, -0.2) is 17.9 Å². The smallest absolute Gasteiger partial charge is 0.287 e. The van der Waals surface area contributed by atoms with Gasteiger partial charge in [0, 0.05) is 22.0 Å². The first-order valence-corrected chi connectivity index (χ1v) is 10.3. The predicted molar refractivity (Wildman–Crippen MR) is 106 cm³/mol. The van der Waals surface area contributed by atoms with E-state index in [0.29, 0.717) is 34.3 Å². The summed E-state index contributed by atoms with van der Waals surface area (Å²) in [5.41, 5.74) is 6.24. The first-order valence-electron chi connectivity index (χ1n) is 9.90. The van der Waals surface area contributed by atoms with Gasteiger partial charge in [-0.05, 0) is 74.1 Å². The first kappa shape index (κ1) is 17.8. The van der Waals surface area contributed by atoms with Crippen LogP contribution in [0.4, 0.5) is 0 Å². The van der Waals surface area contributed by atoms with E-state index in [4.69, 9.17) is 21.8 Å². The largest absolute Gasteiger partial charge is 0.451 e. The predicted octanol–water partition coefficient (Wildman–Crippen LogP) is 4.01. The average Bonchev–Trinajstić information content (AvgIpc) is 3.14. The quantitative estimate of drug-likeness (QED) is 0.815. The molecule has 4 aliphatic rings. The standard InChI is InChI=1S/C22H23ClN2O3/c23-16-3-1-2-13(8-16)17-4-5-18(28-17)20(26)25-19-14-6-12-7-15(19)11-22(9-12,10-14)21(24)27/h1-5,8,12,14-15,19H,6-7,9-11H2,(H2,24,27)(H,25,26)/t12?,14?,15?,19-,22-. The molecule has 1 heterocycles. The Labute approximate surface area is 168 Å². The highest BCUT2D eigenvalue weighted by Gasteiger charge is 2.58. The van der Waals surface area contributed by atoms with Crippen LogP contribution in [0.3, 0.4) is 0 Å². The van der Waals surface area contributed by atoms with Crippen LogP contribution < -0.4 is 11.1 Å². The van der Waals surface area contributed by atoms with Crippen molar-refractivity contribution in [1.82, 2.24) is 5.32 Å². The van der Waals surface area contributed by atoms with Gasteiger partial charge in [0.25, 0.3) is 5.91 Å². The maximum atomic E-state index is 12.8. The fourth-order valence-corrected chi connectivity index (χ4v) is 6.23. The Balaban J connectivity index is 1.33. The third-order valence-corrected chi connectivity index (χ3v) is 7.27. The summed E-state index contributed by atoms with van der Waals surface area (Å²) in [5.74, 6) is 1.78. The van der Waals surface area contributed by atoms with Gasteiger partial charge >= 0.3 is 0 Å². The Bertz CT molecular complexity index is 937. The lowest BCUT2D eigenvalue weighted by Gasteiger charge is -2.58. The molecule has 6 heteroatoms. The number of carbonyl (C=O) groups is 2. The van der Waals surface area contributed by atoms with Crippen molar-refractivity contribution in [3.63, 3.8) is 0 Å². The van der Waals surface area contributed by atoms with Gasteiger partial charge in [-0.1, -0.05) is 23.7 Å². The number of halogens is 1. The first-order chi connectivity index (χ1) is 13.4. The van der Waals surface area contributed by atoms with Crippen molar-refractivity contribution >= 4 is 23.4 Å². The highest BCUT2D eigenvalue weighted by molar-refractivity contribution is 6.30. The van der Waals surface area contributed by atoms with E-state index in [1.165, 1.54) is 0 Å². The maximum absolute atomic E-state index is 12.8. The summed E-state index contributed by atoms with van der Waals surface area (Å²) in [4.78, 5) is 24.9. The van der Waals surface area contributed by atoms with Crippen LogP contribution in [0.2, 0.25) is 5.02 Å². The van der Waals surface area contributed by atoms with Crippen molar-refractivity contribution in [3.8, 4) is 11.3 Å². The van der Waals surface area contributed by atoms with Crippen LogP contribution in [-0.2, 0) is 4.79 Å². The lowest BCUT2D eigenvalue weighted by molar-refractivity contribution is -0.145. The van der Waals surface area contributed by atoms with E-state index in [-0.39, 0.29) is 23.3 Å². The van der Waals surface area contributed by atoms with Gasteiger partial charge in [-0.25, -0.2) is 0 Å². The number of hydrogen-bond acceptors (Lipinski definition) is 3.